The normalized spacial score (nSPS) is 22.1. The number of hydrogen-bond donors (Lipinski definition) is 0. The van der Waals surface area contributed by atoms with Crippen LogP contribution in [0, 0.1) is 0 Å². The standard InChI is InChI=1S/C13H21N3O4/c1-9-4-5-10(20-9)8-16-11(6-7-18-2)12(14-15-16)13(17)19-3/h9-10H,4-8H2,1-3H3. The third kappa shape index (κ3) is 3.34. The van der Waals surface area contributed by atoms with Crippen molar-refractivity contribution in [2.45, 2.75) is 44.9 Å². The van der Waals surface area contributed by atoms with E-state index in [1.807, 2.05) is 0 Å². The number of ether oxygens (including phenoxy) is 3. The van der Waals surface area contributed by atoms with Crippen LogP contribution in [0.4, 0.5) is 0 Å². The summed E-state index contributed by atoms with van der Waals surface area (Å²) in [7, 11) is 2.96. The summed E-state index contributed by atoms with van der Waals surface area (Å²) < 4.78 is 17.3. The molecular formula is C13H21N3O4. The third-order valence-corrected chi connectivity index (χ3v) is 3.46. The average Bonchev–Trinajstić information content (AvgIpc) is 3.03. The summed E-state index contributed by atoms with van der Waals surface area (Å²) in [4.78, 5) is 11.7. The van der Waals surface area contributed by atoms with Crippen molar-refractivity contribution in [2.75, 3.05) is 20.8 Å². The van der Waals surface area contributed by atoms with E-state index < -0.39 is 5.97 Å². The Kier molecular flexibility index (Phi) is 5.08. The molecule has 7 nitrogen and oxygen atoms in total. The molecule has 0 aromatic carbocycles. The predicted octanol–water partition coefficient (Wildman–Crippen LogP) is 0.821. The number of carbonyl (C=O) groups excluding carboxylic acids is 1. The van der Waals surface area contributed by atoms with Crippen LogP contribution in [0.2, 0.25) is 0 Å². The van der Waals surface area contributed by atoms with Gasteiger partial charge in [0.25, 0.3) is 0 Å². The van der Waals surface area contributed by atoms with E-state index in [0.29, 0.717) is 19.6 Å². The molecule has 20 heavy (non-hydrogen) atoms. The Morgan fingerprint density at radius 3 is 2.85 bits per heavy atom. The number of rotatable bonds is 6. The smallest absolute Gasteiger partial charge is 0.360 e. The van der Waals surface area contributed by atoms with Gasteiger partial charge in [-0.15, -0.1) is 5.10 Å². The molecule has 1 aromatic rings. The molecule has 1 aliphatic heterocycles. The molecule has 0 aliphatic carbocycles. The van der Waals surface area contributed by atoms with Gasteiger partial charge in [-0.05, 0) is 19.8 Å². The van der Waals surface area contributed by atoms with Crippen LogP contribution >= 0.6 is 0 Å². The minimum Gasteiger partial charge on any atom is -0.464 e. The van der Waals surface area contributed by atoms with Crippen molar-refractivity contribution < 1.29 is 19.0 Å². The zero-order chi connectivity index (χ0) is 14.5. The fourth-order valence-corrected chi connectivity index (χ4v) is 2.39. The first-order valence-corrected chi connectivity index (χ1v) is 6.80. The number of nitrogens with zero attached hydrogens (tertiary/aromatic N) is 3. The summed E-state index contributed by atoms with van der Waals surface area (Å²) in [5, 5.41) is 7.99. The molecule has 0 N–H and O–H groups in total. The van der Waals surface area contributed by atoms with E-state index in [4.69, 9.17) is 14.2 Å². The van der Waals surface area contributed by atoms with Crippen molar-refractivity contribution in [3.05, 3.63) is 11.4 Å². The highest BCUT2D eigenvalue weighted by molar-refractivity contribution is 5.88. The second kappa shape index (κ2) is 6.81. The van der Waals surface area contributed by atoms with Gasteiger partial charge < -0.3 is 14.2 Å². The molecule has 1 aromatic heterocycles. The lowest BCUT2D eigenvalue weighted by Gasteiger charge is -2.13. The number of aromatic nitrogens is 3. The van der Waals surface area contributed by atoms with Gasteiger partial charge in [-0.25, -0.2) is 9.48 Å². The van der Waals surface area contributed by atoms with Gasteiger partial charge in [0.2, 0.25) is 0 Å². The molecule has 112 valence electrons. The van der Waals surface area contributed by atoms with Gasteiger partial charge in [0.05, 0.1) is 38.2 Å². The van der Waals surface area contributed by atoms with Gasteiger partial charge in [0, 0.05) is 13.5 Å². The van der Waals surface area contributed by atoms with Crippen molar-refractivity contribution in [3.63, 3.8) is 0 Å². The molecule has 0 amide bonds. The van der Waals surface area contributed by atoms with E-state index in [1.54, 1.807) is 11.8 Å². The first-order valence-electron chi connectivity index (χ1n) is 6.80. The molecule has 2 heterocycles. The van der Waals surface area contributed by atoms with Gasteiger partial charge in [0.1, 0.15) is 0 Å². The van der Waals surface area contributed by atoms with Crippen LogP contribution in [0.15, 0.2) is 0 Å². The van der Waals surface area contributed by atoms with Crippen molar-refractivity contribution in [3.8, 4) is 0 Å². The second-order valence-corrected chi connectivity index (χ2v) is 4.95. The zero-order valence-corrected chi connectivity index (χ0v) is 12.2. The third-order valence-electron chi connectivity index (χ3n) is 3.46. The summed E-state index contributed by atoms with van der Waals surface area (Å²) in [5.41, 5.74) is 0.998. The molecule has 0 spiro atoms. The van der Waals surface area contributed by atoms with E-state index in [2.05, 4.69) is 17.2 Å². The van der Waals surface area contributed by atoms with E-state index in [1.165, 1.54) is 7.11 Å². The molecule has 1 fully saturated rings. The van der Waals surface area contributed by atoms with E-state index >= 15 is 0 Å². The highest BCUT2D eigenvalue weighted by Gasteiger charge is 2.26. The Bertz CT molecular complexity index is 460. The SMILES string of the molecule is COCCc1c(C(=O)OC)nnn1CC1CCC(C)O1. The van der Waals surface area contributed by atoms with Crippen LogP contribution in [-0.2, 0) is 27.2 Å². The Labute approximate surface area is 118 Å². The summed E-state index contributed by atoms with van der Waals surface area (Å²) in [5.74, 6) is -0.469. The quantitative estimate of drug-likeness (QED) is 0.720. The minimum absolute atomic E-state index is 0.124. The van der Waals surface area contributed by atoms with Crippen LogP contribution in [0.25, 0.3) is 0 Å². The summed E-state index contributed by atoms with van der Waals surface area (Å²) in [6.07, 6.45) is 3.02. The van der Waals surface area contributed by atoms with Crippen LogP contribution in [-0.4, -0.2) is 54.0 Å². The Morgan fingerprint density at radius 1 is 1.45 bits per heavy atom. The molecule has 2 atom stereocenters. The second-order valence-electron chi connectivity index (χ2n) is 4.95. The van der Waals surface area contributed by atoms with E-state index in [-0.39, 0.29) is 17.9 Å². The molecule has 1 saturated heterocycles. The largest absolute Gasteiger partial charge is 0.464 e. The monoisotopic (exact) mass is 283 g/mol. The van der Waals surface area contributed by atoms with Gasteiger partial charge in [-0.3, -0.25) is 0 Å². The van der Waals surface area contributed by atoms with Crippen LogP contribution in [0.1, 0.15) is 35.9 Å². The average molecular weight is 283 g/mol. The molecule has 1 aliphatic rings. The number of hydrogen-bond acceptors (Lipinski definition) is 6. The van der Waals surface area contributed by atoms with Crippen molar-refractivity contribution in [2.24, 2.45) is 0 Å². The van der Waals surface area contributed by atoms with E-state index in [9.17, 15) is 4.79 Å². The highest BCUT2D eigenvalue weighted by Crippen LogP contribution is 2.21. The maximum Gasteiger partial charge on any atom is 0.360 e. The lowest BCUT2D eigenvalue weighted by atomic mass is 10.2. The maximum absolute atomic E-state index is 11.7. The molecular weight excluding hydrogens is 262 g/mol. The van der Waals surface area contributed by atoms with E-state index in [0.717, 1.165) is 18.5 Å². The lowest BCUT2D eigenvalue weighted by Crippen LogP contribution is -2.20. The van der Waals surface area contributed by atoms with Crippen molar-refractivity contribution in [1.82, 2.24) is 15.0 Å². The fraction of sp³-hybridized carbons (Fsp3) is 0.769. The Morgan fingerprint density at radius 2 is 2.25 bits per heavy atom. The Balaban J connectivity index is 2.14. The lowest BCUT2D eigenvalue weighted by molar-refractivity contribution is 0.0425. The van der Waals surface area contributed by atoms with Gasteiger partial charge >= 0.3 is 5.97 Å². The topological polar surface area (TPSA) is 75.5 Å². The number of methoxy groups -OCH3 is 2. The molecule has 0 saturated carbocycles. The predicted molar refractivity (Wildman–Crippen MR) is 70.5 cm³/mol. The summed E-state index contributed by atoms with van der Waals surface area (Å²) in [6.45, 7) is 3.17. The summed E-state index contributed by atoms with van der Waals surface area (Å²) in [6, 6.07) is 0. The molecule has 0 radical (unpaired) electrons. The zero-order valence-electron chi connectivity index (χ0n) is 12.2. The Hall–Kier alpha value is -1.47. The molecule has 7 heteroatoms. The van der Waals surface area contributed by atoms with Crippen molar-refractivity contribution >= 4 is 5.97 Å². The van der Waals surface area contributed by atoms with Gasteiger partial charge in [-0.2, -0.15) is 0 Å². The molecule has 0 bridgehead atoms. The summed E-state index contributed by atoms with van der Waals surface area (Å²) >= 11 is 0. The molecule has 2 rings (SSSR count). The minimum atomic E-state index is -0.469. The fourth-order valence-electron chi connectivity index (χ4n) is 2.39. The first kappa shape index (κ1) is 14.9. The van der Waals surface area contributed by atoms with Gasteiger partial charge in [0.15, 0.2) is 5.69 Å². The first-order chi connectivity index (χ1) is 9.65. The van der Waals surface area contributed by atoms with Crippen LogP contribution in [0.3, 0.4) is 0 Å². The highest BCUT2D eigenvalue weighted by atomic mass is 16.5. The van der Waals surface area contributed by atoms with Crippen LogP contribution < -0.4 is 0 Å². The van der Waals surface area contributed by atoms with Crippen molar-refractivity contribution in [1.29, 1.82) is 0 Å². The number of carbonyl (C=O) groups is 1. The molecule has 2 unspecified atom stereocenters. The van der Waals surface area contributed by atoms with Crippen LogP contribution in [0.5, 0.6) is 0 Å². The maximum atomic E-state index is 11.7. The van der Waals surface area contributed by atoms with Gasteiger partial charge in [-0.1, -0.05) is 5.21 Å². The number of esters is 1.